The fourth-order valence-corrected chi connectivity index (χ4v) is 2.13. The maximum Gasteiger partial charge on any atom is 0.0536 e. The molecule has 2 unspecified atom stereocenters. The second kappa shape index (κ2) is 7.93. The minimum Gasteiger partial charge on any atom is -0.327 e. The van der Waals surface area contributed by atoms with E-state index in [1.165, 1.54) is 0 Å². The van der Waals surface area contributed by atoms with E-state index < -0.39 is 0 Å². The summed E-state index contributed by atoms with van der Waals surface area (Å²) in [6.45, 7) is 6.56. The summed E-state index contributed by atoms with van der Waals surface area (Å²) in [5, 5.41) is 4.20. The van der Waals surface area contributed by atoms with Crippen LogP contribution in [0.2, 0.25) is 0 Å². The van der Waals surface area contributed by atoms with Gasteiger partial charge in [-0.3, -0.25) is 4.68 Å². The SMILES string of the molecule is CC1CN(CCn2cccn2)CCC1N.Cl.Cl. The Labute approximate surface area is 115 Å². The fourth-order valence-electron chi connectivity index (χ4n) is 2.13. The Kier molecular flexibility index (Phi) is 7.79. The molecule has 1 saturated heterocycles. The predicted molar refractivity (Wildman–Crippen MR) is 74.9 cm³/mol. The first-order valence-electron chi connectivity index (χ1n) is 5.71. The van der Waals surface area contributed by atoms with Crippen LogP contribution in [0.4, 0.5) is 0 Å². The van der Waals surface area contributed by atoms with Gasteiger partial charge in [-0.25, -0.2) is 0 Å². The van der Waals surface area contributed by atoms with E-state index >= 15 is 0 Å². The molecule has 0 aromatic carbocycles. The standard InChI is InChI=1S/C11H20N4.2ClH/c1-10-9-14(6-3-11(10)12)7-8-15-5-2-4-13-15;;/h2,4-5,10-11H,3,6-9,12H2,1H3;2*1H. The van der Waals surface area contributed by atoms with Crippen molar-refractivity contribution in [2.45, 2.75) is 25.9 Å². The fraction of sp³-hybridized carbons (Fsp3) is 0.727. The van der Waals surface area contributed by atoms with Gasteiger partial charge in [0.2, 0.25) is 0 Å². The predicted octanol–water partition coefficient (Wildman–Crippen LogP) is 1.40. The molecule has 1 aromatic heterocycles. The van der Waals surface area contributed by atoms with Crippen molar-refractivity contribution in [2.24, 2.45) is 11.7 Å². The molecule has 4 nitrogen and oxygen atoms in total. The van der Waals surface area contributed by atoms with Gasteiger partial charge in [-0.2, -0.15) is 5.10 Å². The largest absolute Gasteiger partial charge is 0.327 e. The second-order valence-electron chi connectivity index (χ2n) is 4.50. The van der Waals surface area contributed by atoms with Crippen LogP contribution in [0.3, 0.4) is 0 Å². The molecule has 1 aliphatic rings. The quantitative estimate of drug-likeness (QED) is 0.911. The van der Waals surface area contributed by atoms with Crippen LogP contribution in [0.1, 0.15) is 13.3 Å². The third kappa shape index (κ3) is 4.84. The van der Waals surface area contributed by atoms with E-state index in [1.807, 2.05) is 23.1 Å². The van der Waals surface area contributed by atoms with Crippen molar-refractivity contribution in [3.8, 4) is 0 Å². The summed E-state index contributed by atoms with van der Waals surface area (Å²) in [6.07, 6.45) is 4.97. The summed E-state index contributed by atoms with van der Waals surface area (Å²) in [4.78, 5) is 2.48. The molecule has 17 heavy (non-hydrogen) atoms. The zero-order valence-electron chi connectivity index (χ0n) is 10.2. The Hall–Kier alpha value is -0.290. The number of aromatic nitrogens is 2. The van der Waals surface area contributed by atoms with Crippen molar-refractivity contribution >= 4 is 24.8 Å². The molecule has 0 aliphatic carbocycles. The summed E-state index contributed by atoms with van der Waals surface area (Å²) in [5.74, 6) is 0.622. The molecular formula is C11H22Cl2N4. The highest BCUT2D eigenvalue weighted by Crippen LogP contribution is 2.14. The van der Waals surface area contributed by atoms with Crippen molar-refractivity contribution in [2.75, 3.05) is 19.6 Å². The third-order valence-corrected chi connectivity index (χ3v) is 3.26. The van der Waals surface area contributed by atoms with Gasteiger partial charge < -0.3 is 10.6 Å². The van der Waals surface area contributed by atoms with Crippen LogP contribution in [0.15, 0.2) is 18.5 Å². The highest BCUT2D eigenvalue weighted by molar-refractivity contribution is 5.85. The molecule has 0 saturated carbocycles. The molecule has 1 aromatic rings. The average Bonchev–Trinajstić information content (AvgIpc) is 2.73. The first kappa shape index (κ1) is 16.7. The van der Waals surface area contributed by atoms with Crippen molar-refractivity contribution in [1.29, 1.82) is 0 Å². The van der Waals surface area contributed by atoms with Crippen molar-refractivity contribution < 1.29 is 0 Å². The molecule has 2 rings (SSSR count). The Balaban J connectivity index is 0.00000128. The summed E-state index contributed by atoms with van der Waals surface area (Å²) in [5.41, 5.74) is 5.99. The number of hydrogen-bond donors (Lipinski definition) is 1. The smallest absolute Gasteiger partial charge is 0.0536 e. The second-order valence-corrected chi connectivity index (χ2v) is 4.50. The number of likely N-dealkylation sites (tertiary alicyclic amines) is 1. The normalized spacial score (nSPS) is 24.8. The van der Waals surface area contributed by atoms with Crippen LogP contribution in [-0.2, 0) is 6.54 Å². The lowest BCUT2D eigenvalue weighted by molar-refractivity contribution is 0.158. The first-order valence-corrected chi connectivity index (χ1v) is 5.71. The maximum atomic E-state index is 5.99. The highest BCUT2D eigenvalue weighted by atomic mass is 35.5. The van der Waals surface area contributed by atoms with Gasteiger partial charge in [0, 0.05) is 31.5 Å². The lowest BCUT2D eigenvalue weighted by atomic mass is 9.95. The van der Waals surface area contributed by atoms with Crippen LogP contribution in [0, 0.1) is 5.92 Å². The zero-order chi connectivity index (χ0) is 10.7. The van der Waals surface area contributed by atoms with Crippen molar-refractivity contribution in [1.82, 2.24) is 14.7 Å². The lowest BCUT2D eigenvalue weighted by Crippen LogP contribution is -2.46. The topological polar surface area (TPSA) is 47.1 Å². The van der Waals surface area contributed by atoms with E-state index in [9.17, 15) is 0 Å². The Morgan fingerprint density at radius 1 is 1.35 bits per heavy atom. The molecule has 6 heteroatoms. The van der Waals surface area contributed by atoms with Gasteiger partial charge in [-0.1, -0.05) is 6.92 Å². The van der Waals surface area contributed by atoms with E-state index in [4.69, 9.17) is 5.73 Å². The summed E-state index contributed by atoms with van der Waals surface area (Å²) in [7, 11) is 0. The molecule has 0 amide bonds. The lowest BCUT2D eigenvalue weighted by Gasteiger charge is -2.34. The van der Waals surface area contributed by atoms with Gasteiger partial charge in [0.1, 0.15) is 0 Å². The Morgan fingerprint density at radius 3 is 2.71 bits per heavy atom. The highest BCUT2D eigenvalue weighted by Gasteiger charge is 2.22. The van der Waals surface area contributed by atoms with Crippen LogP contribution in [-0.4, -0.2) is 40.4 Å². The molecular weight excluding hydrogens is 259 g/mol. The monoisotopic (exact) mass is 280 g/mol. The zero-order valence-corrected chi connectivity index (χ0v) is 11.8. The minimum absolute atomic E-state index is 0. The van der Waals surface area contributed by atoms with Gasteiger partial charge in [0.05, 0.1) is 6.54 Å². The molecule has 100 valence electrons. The first-order chi connectivity index (χ1) is 7.25. The van der Waals surface area contributed by atoms with E-state index in [2.05, 4.69) is 16.9 Å². The maximum absolute atomic E-state index is 5.99. The minimum atomic E-state index is 0. The van der Waals surface area contributed by atoms with Crippen LogP contribution in [0.5, 0.6) is 0 Å². The van der Waals surface area contributed by atoms with Crippen LogP contribution >= 0.6 is 24.8 Å². The van der Waals surface area contributed by atoms with Crippen molar-refractivity contribution in [3.05, 3.63) is 18.5 Å². The summed E-state index contributed by atoms with van der Waals surface area (Å²) >= 11 is 0. The van der Waals surface area contributed by atoms with Crippen LogP contribution in [0.25, 0.3) is 0 Å². The molecule has 0 spiro atoms. The number of nitrogens with two attached hydrogens (primary N) is 1. The third-order valence-electron chi connectivity index (χ3n) is 3.26. The number of halogens is 2. The molecule has 0 bridgehead atoms. The Morgan fingerprint density at radius 2 is 2.12 bits per heavy atom. The number of hydrogen-bond acceptors (Lipinski definition) is 3. The number of nitrogens with zero attached hydrogens (tertiary/aromatic N) is 3. The summed E-state index contributed by atoms with van der Waals surface area (Å²) < 4.78 is 1.99. The van der Waals surface area contributed by atoms with Gasteiger partial charge in [-0.05, 0) is 24.9 Å². The van der Waals surface area contributed by atoms with Crippen LogP contribution < -0.4 is 5.73 Å². The van der Waals surface area contributed by atoms with Gasteiger partial charge >= 0.3 is 0 Å². The van der Waals surface area contributed by atoms with Gasteiger partial charge in [0.15, 0.2) is 0 Å². The van der Waals surface area contributed by atoms with Gasteiger partial charge in [0.25, 0.3) is 0 Å². The van der Waals surface area contributed by atoms with E-state index in [-0.39, 0.29) is 24.8 Å². The summed E-state index contributed by atoms with van der Waals surface area (Å²) in [6, 6.07) is 2.36. The number of piperidine rings is 1. The average molecular weight is 281 g/mol. The molecule has 2 atom stereocenters. The molecule has 1 fully saturated rings. The van der Waals surface area contributed by atoms with Crippen molar-refractivity contribution in [3.63, 3.8) is 0 Å². The van der Waals surface area contributed by atoms with E-state index in [1.54, 1.807) is 0 Å². The number of rotatable bonds is 3. The van der Waals surface area contributed by atoms with E-state index in [0.29, 0.717) is 12.0 Å². The molecule has 0 radical (unpaired) electrons. The Bertz CT molecular complexity index is 292. The van der Waals surface area contributed by atoms with Gasteiger partial charge in [-0.15, -0.1) is 24.8 Å². The molecule has 2 N–H and O–H groups in total. The van der Waals surface area contributed by atoms with E-state index in [0.717, 1.165) is 32.6 Å². The molecule has 1 aliphatic heterocycles. The molecule has 2 heterocycles.